The smallest absolute Gasteiger partial charge is 0.268 e. The Kier molecular flexibility index (Phi) is 5.25. The number of aryl methyl sites for hydroxylation is 1. The van der Waals surface area contributed by atoms with Crippen LogP contribution in [0.5, 0.6) is 5.75 Å². The number of benzene rings is 1. The molecule has 1 amide bonds. The molecular formula is C26H24F2N6O3. The first-order valence-corrected chi connectivity index (χ1v) is 11.8. The fourth-order valence-corrected chi connectivity index (χ4v) is 5.03. The number of likely N-dealkylation sites (N-methyl/N-ethyl adjacent to an activating group) is 1. The van der Waals surface area contributed by atoms with E-state index in [4.69, 9.17) is 4.74 Å². The van der Waals surface area contributed by atoms with Crippen molar-refractivity contribution in [1.82, 2.24) is 24.3 Å². The van der Waals surface area contributed by atoms with E-state index in [-0.39, 0.29) is 23.8 Å². The summed E-state index contributed by atoms with van der Waals surface area (Å²) in [6, 6.07) is 5.73. The van der Waals surface area contributed by atoms with Gasteiger partial charge in [-0.25, -0.2) is 23.7 Å². The molecule has 2 aliphatic heterocycles. The predicted octanol–water partition coefficient (Wildman–Crippen LogP) is 2.83. The van der Waals surface area contributed by atoms with E-state index < -0.39 is 23.3 Å². The van der Waals surface area contributed by atoms with Crippen LogP contribution in [0.4, 0.5) is 14.5 Å². The monoisotopic (exact) mass is 506 g/mol. The number of halogens is 2. The minimum atomic E-state index is -1.11. The Hall–Kier alpha value is -3.96. The first-order chi connectivity index (χ1) is 17.6. The van der Waals surface area contributed by atoms with Crippen molar-refractivity contribution in [3.8, 4) is 16.9 Å². The van der Waals surface area contributed by atoms with Crippen LogP contribution in [0.15, 0.2) is 42.9 Å². The maximum Gasteiger partial charge on any atom is 0.268 e. The molecule has 0 radical (unpaired) electrons. The van der Waals surface area contributed by atoms with Gasteiger partial charge < -0.3 is 14.2 Å². The van der Waals surface area contributed by atoms with Crippen molar-refractivity contribution in [3.05, 3.63) is 71.7 Å². The number of imidazole rings is 1. The number of likely N-dealkylation sites (tertiary alicyclic amines) is 1. The number of aromatic nitrogens is 4. The number of ether oxygens (including phenoxy) is 1. The van der Waals surface area contributed by atoms with Gasteiger partial charge in [-0.2, -0.15) is 0 Å². The summed E-state index contributed by atoms with van der Waals surface area (Å²) in [5, 5.41) is 10.6. The van der Waals surface area contributed by atoms with E-state index in [2.05, 4.69) is 15.0 Å². The summed E-state index contributed by atoms with van der Waals surface area (Å²) in [5.74, 6) is -1.07. The average Bonchev–Trinajstić information content (AvgIpc) is 3.14. The van der Waals surface area contributed by atoms with Gasteiger partial charge in [-0.3, -0.25) is 14.6 Å². The van der Waals surface area contributed by atoms with Gasteiger partial charge in [-0.1, -0.05) is 6.07 Å². The lowest BCUT2D eigenvalue weighted by atomic mass is 9.94. The molecule has 0 aliphatic carbocycles. The molecule has 4 aromatic rings. The highest BCUT2D eigenvalue weighted by atomic mass is 19.1. The molecule has 1 fully saturated rings. The van der Waals surface area contributed by atoms with E-state index in [1.807, 2.05) is 11.9 Å². The zero-order valence-electron chi connectivity index (χ0n) is 20.4. The third-order valence-corrected chi connectivity index (χ3v) is 6.90. The minimum absolute atomic E-state index is 0.0179. The van der Waals surface area contributed by atoms with Gasteiger partial charge in [0.2, 0.25) is 0 Å². The van der Waals surface area contributed by atoms with E-state index in [1.165, 1.54) is 35.5 Å². The number of aliphatic hydroxyl groups is 1. The summed E-state index contributed by atoms with van der Waals surface area (Å²) in [4.78, 5) is 29.5. The van der Waals surface area contributed by atoms with Gasteiger partial charge in [-0.05, 0) is 33.0 Å². The van der Waals surface area contributed by atoms with Gasteiger partial charge in [0.25, 0.3) is 5.91 Å². The second-order valence-electron chi connectivity index (χ2n) is 9.68. The Morgan fingerprint density at radius 2 is 1.92 bits per heavy atom. The number of rotatable bonds is 4. The molecule has 5 heterocycles. The molecular weight excluding hydrogens is 482 g/mol. The minimum Gasteiger partial charge on any atom is -0.476 e. The summed E-state index contributed by atoms with van der Waals surface area (Å²) < 4.78 is 36.8. The van der Waals surface area contributed by atoms with Gasteiger partial charge >= 0.3 is 0 Å². The predicted molar refractivity (Wildman–Crippen MR) is 130 cm³/mol. The molecule has 2 aliphatic rings. The first-order valence-electron chi connectivity index (χ1n) is 11.8. The maximum atomic E-state index is 15.1. The zero-order valence-corrected chi connectivity index (χ0v) is 20.4. The van der Waals surface area contributed by atoms with Crippen LogP contribution in [-0.4, -0.2) is 61.5 Å². The van der Waals surface area contributed by atoms with Gasteiger partial charge in [0.05, 0.1) is 23.6 Å². The summed E-state index contributed by atoms with van der Waals surface area (Å²) >= 11 is 0. The number of fused-ring (bicyclic) bond motifs is 2. The molecule has 0 spiro atoms. The van der Waals surface area contributed by atoms with Crippen molar-refractivity contribution in [2.75, 3.05) is 25.0 Å². The Labute approximate surface area is 211 Å². The second kappa shape index (κ2) is 8.29. The van der Waals surface area contributed by atoms with Crippen molar-refractivity contribution >= 4 is 17.2 Å². The van der Waals surface area contributed by atoms with E-state index in [9.17, 15) is 14.3 Å². The first kappa shape index (κ1) is 23.4. The molecule has 3 aromatic heterocycles. The summed E-state index contributed by atoms with van der Waals surface area (Å²) in [5.41, 5.74) is 1.49. The van der Waals surface area contributed by atoms with Crippen LogP contribution in [0.1, 0.15) is 24.1 Å². The lowest BCUT2D eigenvalue weighted by molar-refractivity contribution is -0.125. The Bertz CT molecular complexity index is 1550. The highest BCUT2D eigenvalue weighted by molar-refractivity contribution is 5.99. The largest absolute Gasteiger partial charge is 0.476 e. The number of hydrogen-bond acceptors (Lipinski definition) is 7. The zero-order chi connectivity index (χ0) is 26.1. The Balaban J connectivity index is 1.39. The van der Waals surface area contributed by atoms with Crippen molar-refractivity contribution in [2.45, 2.75) is 32.1 Å². The van der Waals surface area contributed by atoms with E-state index >= 15 is 4.39 Å². The third-order valence-electron chi connectivity index (χ3n) is 6.90. The second-order valence-corrected chi connectivity index (χ2v) is 9.68. The molecule has 0 bridgehead atoms. The number of amides is 1. The van der Waals surface area contributed by atoms with Crippen LogP contribution in [0, 0.1) is 18.6 Å². The van der Waals surface area contributed by atoms with E-state index in [0.717, 1.165) is 0 Å². The molecule has 1 aromatic carbocycles. The number of hydrogen-bond donors (Lipinski definition) is 1. The number of carbonyl (C=O) groups is 1. The third kappa shape index (κ3) is 3.73. The summed E-state index contributed by atoms with van der Waals surface area (Å²) in [6.45, 7) is 4.28. The molecule has 190 valence electrons. The lowest BCUT2D eigenvalue weighted by Crippen LogP contribution is -2.58. The molecule has 9 nitrogen and oxygen atoms in total. The van der Waals surface area contributed by atoms with Gasteiger partial charge in [-0.15, -0.1) is 0 Å². The summed E-state index contributed by atoms with van der Waals surface area (Å²) in [6.07, 6.45) is 3.69. The van der Waals surface area contributed by atoms with Crippen molar-refractivity contribution in [3.63, 3.8) is 0 Å². The maximum absolute atomic E-state index is 15.1. The van der Waals surface area contributed by atoms with Crippen molar-refractivity contribution in [2.24, 2.45) is 0 Å². The molecule has 0 unspecified atom stereocenters. The molecule has 1 N–H and O–H groups in total. The standard InChI is InChI=1S/C26H24F2N6O3/c1-14-21(11-34-20-6-4-5-18(27)23(20)37-15(2)24(34)35)33-10-17(19(28)7-22(33)31-14)16-8-29-25(30-9-16)26(36)12-32(3)13-26/h4-10,15,36H,11-13H2,1-3H3/t15-/m1/s1. The van der Waals surface area contributed by atoms with Gasteiger partial charge in [0.15, 0.2) is 23.5 Å². The lowest BCUT2D eigenvalue weighted by Gasteiger charge is -2.42. The number of para-hydroxylation sites is 1. The van der Waals surface area contributed by atoms with E-state index in [1.54, 1.807) is 30.5 Å². The van der Waals surface area contributed by atoms with Crippen molar-refractivity contribution in [1.29, 1.82) is 0 Å². The topological polar surface area (TPSA) is 96.1 Å². The summed E-state index contributed by atoms with van der Waals surface area (Å²) in [7, 11) is 1.89. The molecule has 1 atom stereocenters. The normalized spacial score (nSPS) is 19.0. The number of pyridine rings is 1. The van der Waals surface area contributed by atoms with Crippen LogP contribution in [0.25, 0.3) is 16.8 Å². The fraction of sp³-hybridized carbons (Fsp3) is 0.308. The Morgan fingerprint density at radius 1 is 1.19 bits per heavy atom. The van der Waals surface area contributed by atoms with Gasteiger partial charge in [0.1, 0.15) is 17.1 Å². The van der Waals surface area contributed by atoms with Crippen LogP contribution >= 0.6 is 0 Å². The molecule has 11 heteroatoms. The quantitative estimate of drug-likeness (QED) is 0.455. The van der Waals surface area contributed by atoms with E-state index in [0.29, 0.717) is 47.2 Å². The molecule has 37 heavy (non-hydrogen) atoms. The van der Waals surface area contributed by atoms with Crippen LogP contribution in [0.2, 0.25) is 0 Å². The number of carbonyl (C=O) groups excluding carboxylic acids is 1. The number of nitrogens with zero attached hydrogens (tertiary/aromatic N) is 6. The van der Waals surface area contributed by atoms with Crippen molar-refractivity contribution < 1.29 is 23.4 Å². The van der Waals surface area contributed by atoms with Crippen LogP contribution in [-0.2, 0) is 16.9 Å². The molecule has 6 rings (SSSR count). The SMILES string of the molecule is Cc1nc2cc(F)c(-c3cnc(C4(O)CN(C)C4)nc3)cn2c1CN1C(=O)[C@@H](C)Oc2c(F)cccc21. The number of β-amino-alcohol motifs (C(OH)–C–C–N with tert-alkyl or cyclic N) is 1. The van der Waals surface area contributed by atoms with Crippen LogP contribution < -0.4 is 9.64 Å². The van der Waals surface area contributed by atoms with Gasteiger partial charge in [0, 0.05) is 48.9 Å². The number of anilines is 1. The average molecular weight is 507 g/mol. The highest BCUT2D eigenvalue weighted by Crippen LogP contribution is 2.37. The molecule has 1 saturated heterocycles. The fourth-order valence-electron chi connectivity index (χ4n) is 5.03. The highest BCUT2D eigenvalue weighted by Gasteiger charge is 2.43. The molecule has 0 saturated carbocycles. The van der Waals surface area contributed by atoms with Crippen LogP contribution in [0.3, 0.4) is 0 Å². The Morgan fingerprint density at radius 3 is 2.62 bits per heavy atom.